The lowest BCUT2D eigenvalue weighted by atomic mass is 10.0. The molecule has 18 N–H and O–H groups in total. The molecular weight excluding hydrogens is 1970 g/mol. The van der Waals surface area contributed by atoms with E-state index >= 15 is 0 Å². The lowest BCUT2D eigenvalue weighted by Gasteiger charge is -2.19. The summed E-state index contributed by atoms with van der Waals surface area (Å²) in [5, 5.41) is 123. The summed E-state index contributed by atoms with van der Waals surface area (Å²) in [6, 6.07) is 0. The summed E-state index contributed by atoms with van der Waals surface area (Å²) in [5.41, 5.74) is -5.45. The average Bonchev–Trinajstić information content (AvgIpc) is 1.67. The Bertz CT molecular complexity index is 6320. The Morgan fingerprint density at radius 2 is 0.573 bits per heavy atom. The molecule has 0 aromatic carbocycles. The minimum atomic E-state index is -1.29. The molecule has 6 fully saturated rings. The fraction of sp³-hybridized carbons (Fsp3) is 0.621. The van der Waals surface area contributed by atoms with Crippen LogP contribution in [0.1, 0.15) is 149 Å². The zero-order valence-electron chi connectivity index (χ0n) is 84.6. The number of H-pyrrole nitrogens is 6. The second-order valence-electron chi connectivity index (χ2n) is 41.2. The zero-order valence-corrected chi connectivity index (χ0v) is 90.0. The molecule has 6 unspecified atom stereocenters. The Kier molecular flexibility index (Phi) is 44.9. The molecule has 12 heterocycles. The van der Waals surface area contributed by atoms with Crippen LogP contribution in [0.2, 0.25) is 0 Å². The highest BCUT2D eigenvalue weighted by molar-refractivity contribution is 7.73. The van der Waals surface area contributed by atoms with Crippen molar-refractivity contribution in [3.05, 3.63) is 227 Å². The Hall–Kier alpha value is -7.62. The smallest absolute Gasteiger partial charge is 0.332 e. The van der Waals surface area contributed by atoms with Gasteiger partial charge in [0.05, 0.1) is 58.9 Å². The van der Waals surface area contributed by atoms with E-state index in [2.05, 4.69) is 167 Å². The first-order valence-corrected chi connectivity index (χ1v) is 65.7. The molecule has 42 nitrogen and oxygen atoms in total. The van der Waals surface area contributed by atoms with Crippen LogP contribution in [0.4, 0.5) is 0 Å². The molecule has 0 saturated carbocycles. The molecule has 6 aromatic heterocycles. The van der Waals surface area contributed by atoms with E-state index in [1.165, 1.54) is 67.7 Å². The number of ether oxygens (including phenoxy) is 6. The average molecular weight is 2130 g/mol. The van der Waals surface area contributed by atoms with Crippen LogP contribution in [-0.2, 0) is 60.9 Å². The lowest BCUT2D eigenvalue weighted by molar-refractivity contribution is -0.0404. The highest BCUT2D eigenvalue weighted by atomic mass is 31.2. The van der Waals surface area contributed by atoms with E-state index in [0.717, 1.165) is 58.9 Å². The van der Waals surface area contributed by atoms with E-state index in [9.17, 15) is 119 Å². The van der Waals surface area contributed by atoms with E-state index in [1.54, 1.807) is 13.0 Å². The van der Waals surface area contributed by atoms with Gasteiger partial charge < -0.3 is 94.3 Å². The maximum Gasteiger partial charge on any atom is 0.332 e. The summed E-state index contributed by atoms with van der Waals surface area (Å²) in [5.74, 6) is 0. The number of aliphatic hydroxyl groups excluding tert-OH is 12. The molecular formula is C95H154N12O30P6. The number of nitrogens with one attached hydrogen (secondary N) is 6. The molecule has 12 rings (SSSR count). The lowest BCUT2D eigenvalue weighted by Crippen LogP contribution is -2.38. The monoisotopic (exact) mass is 2130 g/mol. The Labute approximate surface area is 830 Å². The van der Waals surface area contributed by atoms with Crippen molar-refractivity contribution in [1.82, 2.24) is 57.3 Å². The second kappa shape index (κ2) is 52.5. The summed E-state index contributed by atoms with van der Waals surface area (Å²) in [6.07, 6.45) is 25.7. The van der Waals surface area contributed by atoms with Gasteiger partial charge in [0.2, 0.25) is 0 Å². The van der Waals surface area contributed by atoms with Gasteiger partial charge in [-0.1, -0.05) is 45.9 Å². The maximum absolute atomic E-state index is 12.2. The van der Waals surface area contributed by atoms with E-state index in [1.807, 2.05) is 13.8 Å². The topological polar surface area (TPSA) is 627 Å². The van der Waals surface area contributed by atoms with Gasteiger partial charge in [-0.25, -0.2) is 28.8 Å². The number of aliphatic hydroxyl groups is 12. The second-order valence-corrected chi connectivity index (χ2v) is 67.1. The van der Waals surface area contributed by atoms with Crippen molar-refractivity contribution in [3.8, 4) is 0 Å². The number of aromatic nitrogens is 12. The van der Waals surface area contributed by atoms with Crippen LogP contribution in [0.3, 0.4) is 0 Å². The maximum atomic E-state index is 12.2. The molecule has 6 aromatic rings. The van der Waals surface area contributed by atoms with Gasteiger partial charge in [-0.15, -0.1) is 92.3 Å². The Balaban J connectivity index is 0.000000233. The third-order valence-corrected chi connectivity index (χ3v) is 33.5. The molecule has 804 valence electrons. The summed E-state index contributed by atoms with van der Waals surface area (Å²) in [4.78, 5) is 156. The third kappa shape index (κ3) is 34.5. The van der Waals surface area contributed by atoms with E-state index in [4.69, 9.17) is 28.4 Å². The first kappa shape index (κ1) is 122. The number of allylic oxidation sites excluding steroid dienone is 2. The Morgan fingerprint density at radius 3 is 0.860 bits per heavy atom. The van der Waals surface area contributed by atoms with Crippen molar-refractivity contribution in [2.75, 3.05) is 117 Å². The van der Waals surface area contributed by atoms with E-state index < -0.39 is 256 Å². The van der Waals surface area contributed by atoms with Crippen LogP contribution in [0, 0.1) is 0 Å². The minimum Gasteiger partial charge on any atom is -0.388 e. The number of rotatable bonds is 35. The van der Waals surface area contributed by atoms with Crippen LogP contribution >= 0.6 is 41.3 Å². The summed E-state index contributed by atoms with van der Waals surface area (Å²) in [7, 11) is 0. The van der Waals surface area contributed by atoms with Crippen LogP contribution in [0.25, 0.3) is 6.20 Å². The first-order valence-electron chi connectivity index (χ1n) is 47.4. The van der Waals surface area contributed by atoms with Gasteiger partial charge in [0.15, 0.2) is 12.5 Å². The molecule has 6 aliphatic heterocycles. The van der Waals surface area contributed by atoms with E-state index in [0.29, 0.717) is 82.0 Å². The molecule has 48 heteroatoms. The SMILES string of the molecule is C=CCCn1cc(C2O[C@H](CCP(=C)(C)C)[C@@H](O)[C@H]2O)c(=O)[nH]c1=O.C=CCn1cc(C2O[C@H](CCP(=C)(C)C)[C@@H](O)[C@H]2O)c(=O)[nH]c1=O.C=Cn1cc(C2O[C@H](CCP(=C)(C)C)[C@@H](O)[C@H]2O)c(=O)[nH]c1=O.C=P(C)(C)CC[C@H]1OC(c2cn(CCC)c(=O)[nH]c2=O)[C@H](O)[C@@H]1O.C=P(C)(C)CC[C@H]1OC(n2cc(CC)c(=O)[nH]c2=O)[C@H](O)[C@@H]1O.C=P(C)(C)CC[C@H]1OC(n2cc(CCC)c(=O)[nH]c2=O)[C@H](O)[C@@H]1O. The standard InChI is InChI=1S/C17H27N2O5P.C16H27N2O5P.C16H25N2O5P.C16H27N2O5P.C15H23N2O5P.C15H25N2O5P/c1-5-6-8-19-10-11(16(22)18-17(19)23)15-14(21)13(20)12(24-15)7-9-25(2,3)4;2*1-5-7-18-9-10(15(21)17-16(18)22)14-13(20)12(19)11(23-14)6-8-24(2,3)4;1-5-6-10-9-18(16(22)17-14(10)21)15-13(20)12(19)11(23-15)7-8-24(2,3)4;1-5-17-8-9(14(20)16-15(17)21)13-12(19)11(18)10(22-13)6-7-23(2,3)4;1-5-9-8-17(15(21)16-13(9)20)14-12(19)11(18)10(22-14)6-7-23(2,3)4/h5,10,12-15,20-21H,1-2,6-9H2,3-4H3,(H,18,22,23);9,11-14,19-20H,2,5-8H2,1,3-4H3,(H,17,21,22);5,9,11-14,19-20H,1-2,6-8H2,3-4H3,(H,17,21,22);9,11-13,15,19-20H,2,5-8H2,1,3-4H3,(H,17,21,22);5,8,10-13,18-19H,1-2,6-7H2,3-4H3,(H,16,20,21);8,10-12,14,18-19H,2,5-7H2,1,3-4H3,(H,16,20,21)/t12-,13-,14-,15?;2*11-,12-,13-,14?;11-,12-,13-,15?;10-,11-,12-,13?;10-,11-,12-,14?/m111111/s1. The predicted molar refractivity (Wildman–Crippen MR) is 576 cm³/mol. The number of aryl methyl sites for hydroxylation is 4. The normalized spacial score (nSPS) is 27.5. The number of hydrogen-bond acceptors (Lipinski definition) is 30. The van der Waals surface area contributed by atoms with Crippen molar-refractivity contribution in [3.63, 3.8) is 0 Å². The molecule has 0 amide bonds. The molecule has 0 radical (unpaired) electrons. The minimum absolute atomic E-state index is 0.0854. The van der Waals surface area contributed by atoms with Crippen LogP contribution in [-0.4, -0.2) is 383 Å². The van der Waals surface area contributed by atoms with Crippen molar-refractivity contribution >= 4 is 85.3 Å². The molecule has 0 bridgehead atoms. The van der Waals surface area contributed by atoms with Crippen LogP contribution in [0.15, 0.2) is 127 Å². The molecule has 6 aliphatic rings. The molecule has 143 heavy (non-hydrogen) atoms. The summed E-state index contributed by atoms with van der Waals surface area (Å²) in [6.45, 7) is 34.7. The van der Waals surface area contributed by atoms with Gasteiger partial charge in [-0.2, -0.15) is 0 Å². The van der Waals surface area contributed by atoms with E-state index in [-0.39, 0.29) is 28.8 Å². The molecule has 6 saturated heterocycles. The van der Waals surface area contributed by atoms with Crippen molar-refractivity contribution in [2.24, 2.45) is 0 Å². The van der Waals surface area contributed by atoms with Gasteiger partial charge in [-0.3, -0.25) is 81.5 Å². The van der Waals surface area contributed by atoms with Crippen molar-refractivity contribution < 1.29 is 89.7 Å². The fourth-order valence-corrected chi connectivity index (χ4v) is 22.2. The highest BCUT2D eigenvalue weighted by Crippen LogP contribution is 2.46. The van der Waals surface area contributed by atoms with Gasteiger partial charge in [0.1, 0.15) is 97.7 Å². The van der Waals surface area contributed by atoms with Gasteiger partial charge in [0.25, 0.3) is 33.4 Å². The molecule has 0 spiro atoms. The molecule has 24 atom stereocenters. The van der Waals surface area contributed by atoms with Crippen molar-refractivity contribution in [1.29, 1.82) is 0 Å². The quantitative estimate of drug-likeness (QED) is 0.0190. The predicted octanol–water partition coefficient (Wildman–Crippen LogP) is 0.488. The third-order valence-electron chi connectivity index (χ3n) is 24.7. The van der Waals surface area contributed by atoms with Crippen LogP contribution < -0.4 is 67.5 Å². The van der Waals surface area contributed by atoms with Gasteiger partial charge in [0, 0.05) is 74.1 Å². The number of hydrogen-bond donors (Lipinski definition) is 18. The number of aromatic amines is 6. The first-order chi connectivity index (χ1) is 66.3. The van der Waals surface area contributed by atoms with Crippen molar-refractivity contribution in [2.45, 2.75) is 258 Å². The molecule has 0 aliphatic carbocycles. The van der Waals surface area contributed by atoms with Gasteiger partial charge in [-0.05, 0) is 181 Å². The Morgan fingerprint density at radius 1 is 0.308 bits per heavy atom. The summed E-state index contributed by atoms with van der Waals surface area (Å²) < 4.78 is 41.9. The van der Waals surface area contributed by atoms with Gasteiger partial charge >= 0.3 is 34.1 Å². The zero-order chi connectivity index (χ0) is 108. The largest absolute Gasteiger partial charge is 0.388 e. The fourth-order valence-electron chi connectivity index (χ4n) is 16.5. The van der Waals surface area contributed by atoms with Crippen LogP contribution in [0.5, 0.6) is 0 Å². The highest BCUT2D eigenvalue weighted by Gasteiger charge is 2.50. The number of nitrogens with zero attached hydrogens (tertiary/aromatic N) is 6. The summed E-state index contributed by atoms with van der Waals surface area (Å²) >= 11 is 0.